The third-order valence-electron chi connectivity index (χ3n) is 10.2. The van der Waals surface area contributed by atoms with Crippen LogP contribution in [0, 0.1) is 0 Å². The van der Waals surface area contributed by atoms with E-state index in [9.17, 15) is 25.2 Å². The molecule has 262 valence electrons. The molecule has 45 heavy (non-hydrogen) atoms. The van der Waals surface area contributed by atoms with Gasteiger partial charge in [-0.05, 0) is 96.5 Å². The van der Waals surface area contributed by atoms with Crippen molar-refractivity contribution in [1.29, 1.82) is 0 Å². The maximum Gasteiger partial charge on any atom is 0.334 e. The summed E-state index contributed by atoms with van der Waals surface area (Å²) in [7, 11) is 0. The van der Waals surface area contributed by atoms with Gasteiger partial charge in [-0.3, -0.25) is 0 Å². The molecule has 3 heterocycles. The Morgan fingerprint density at radius 3 is 1.87 bits per heavy atom. The van der Waals surface area contributed by atoms with Crippen LogP contribution in [0.25, 0.3) is 0 Å². The first-order valence-corrected chi connectivity index (χ1v) is 18.7. The lowest BCUT2D eigenvalue weighted by atomic mass is 9.98. The van der Waals surface area contributed by atoms with Gasteiger partial charge in [0.2, 0.25) is 0 Å². The number of rotatable bonds is 25. The van der Waals surface area contributed by atoms with E-state index < -0.39 is 18.3 Å². The molecule has 0 spiro atoms. The number of aliphatic hydroxyl groups excluding tert-OH is 4. The van der Waals surface area contributed by atoms with Crippen molar-refractivity contribution in [3.8, 4) is 0 Å². The Balaban J connectivity index is 1.16. The van der Waals surface area contributed by atoms with Crippen molar-refractivity contribution >= 4 is 5.97 Å². The Hall–Kier alpha value is -1.03. The number of unbranched alkanes of at least 4 members (excludes halogenated alkanes) is 9. The molecule has 0 aromatic carbocycles. The zero-order chi connectivity index (χ0) is 32.4. The summed E-state index contributed by atoms with van der Waals surface area (Å²) in [6.07, 6.45) is 21.2. The fourth-order valence-electron chi connectivity index (χ4n) is 7.28. The molecule has 0 bridgehead atoms. The first-order valence-electron chi connectivity index (χ1n) is 18.7. The number of carbonyl (C=O) groups is 1. The van der Waals surface area contributed by atoms with E-state index in [2.05, 4.69) is 6.92 Å². The van der Waals surface area contributed by atoms with E-state index in [1.807, 2.05) is 13.0 Å². The average Bonchev–Trinajstić information content (AvgIpc) is 3.77. The van der Waals surface area contributed by atoms with Gasteiger partial charge in [0.1, 0.15) is 6.10 Å². The summed E-state index contributed by atoms with van der Waals surface area (Å²) >= 11 is 0. The van der Waals surface area contributed by atoms with E-state index in [-0.39, 0.29) is 42.6 Å². The van der Waals surface area contributed by atoms with Crippen molar-refractivity contribution < 1.29 is 39.4 Å². The summed E-state index contributed by atoms with van der Waals surface area (Å²) in [4.78, 5) is 11.7. The lowest BCUT2D eigenvalue weighted by molar-refractivity contribution is -0.139. The van der Waals surface area contributed by atoms with E-state index in [4.69, 9.17) is 14.2 Å². The lowest BCUT2D eigenvalue weighted by Gasteiger charge is -2.24. The Morgan fingerprint density at radius 1 is 0.667 bits per heavy atom. The SMILES string of the molecule is CCCCCC[C@H](O)CCC[C@@H](O)[C@@H]1CC[C@@H]([C@@H](O)CC[C@@H](O)[C@H]2CC[C@H](CCCCCCCCCC3=C[C@H](C)OC3=O)O2)O1. The molecule has 4 N–H and O–H groups in total. The molecule has 0 amide bonds. The largest absolute Gasteiger partial charge is 0.455 e. The molecule has 2 saturated heterocycles. The topological polar surface area (TPSA) is 126 Å². The number of aliphatic hydroxyl groups is 4. The fourth-order valence-corrected chi connectivity index (χ4v) is 7.28. The van der Waals surface area contributed by atoms with Gasteiger partial charge in [0, 0.05) is 5.57 Å². The Bertz CT molecular complexity index is 833. The van der Waals surface area contributed by atoms with E-state index >= 15 is 0 Å². The van der Waals surface area contributed by atoms with Gasteiger partial charge in [-0.25, -0.2) is 4.79 Å². The molecular formula is C37H66O8. The average molecular weight is 639 g/mol. The maximum atomic E-state index is 11.7. The van der Waals surface area contributed by atoms with Gasteiger partial charge in [0.05, 0.1) is 48.8 Å². The highest BCUT2D eigenvalue weighted by atomic mass is 16.5. The van der Waals surface area contributed by atoms with Crippen molar-refractivity contribution in [2.45, 2.75) is 216 Å². The van der Waals surface area contributed by atoms with Crippen LogP contribution in [0.4, 0.5) is 0 Å². The minimum absolute atomic E-state index is 0.0675. The number of hydrogen-bond acceptors (Lipinski definition) is 8. The van der Waals surface area contributed by atoms with Crippen molar-refractivity contribution in [2.75, 3.05) is 0 Å². The summed E-state index contributed by atoms with van der Waals surface area (Å²) in [6.45, 7) is 4.09. The van der Waals surface area contributed by atoms with Crippen LogP contribution in [-0.4, -0.2) is 81.3 Å². The smallest absolute Gasteiger partial charge is 0.334 e. The standard InChI is InChI=1S/C37H66O8/c1-3-4-5-12-16-29(38)17-14-19-31(39)35-24-25-36(45-35)33(41)22-21-32(40)34-23-20-30(44-34)18-13-10-8-6-7-9-11-15-28-26-27(2)43-37(28)42/h26-27,29-36,38-41H,3-25H2,1-2H3/t27-,29-,30-,31+,32+,33-,34+,35-,36-/m0/s1. The molecule has 0 aromatic heterocycles. The molecule has 3 aliphatic rings. The van der Waals surface area contributed by atoms with Crippen molar-refractivity contribution in [2.24, 2.45) is 0 Å². The molecule has 9 atom stereocenters. The summed E-state index contributed by atoms with van der Waals surface area (Å²) in [5.74, 6) is -0.138. The quantitative estimate of drug-likeness (QED) is 0.0634. The van der Waals surface area contributed by atoms with Gasteiger partial charge < -0.3 is 34.6 Å². The van der Waals surface area contributed by atoms with Crippen LogP contribution in [0.15, 0.2) is 11.6 Å². The Morgan fingerprint density at radius 2 is 1.22 bits per heavy atom. The van der Waals surface area contributed by atoms with Crippen LogP contribution in [-0.2, 0) is 19.0 Å². The van der Waals surface area contributed by atoms with Crippen molar-refractivity contribution in [3.05, 3.63) is 11.6 Å². The van der Waals surface area contributed by atoms with Crippen LogP contribution in [0.1, 0.15) is 162 Å². The summed E-state index contributed by atoms with van der Waals surface area (Å²) in [5, 5.41) is 42.3. The van der Waals surface area contributed by atoms with Gasteiger partial charge in [0.15, 0.2) is 0 Å². The van der Waals surface area contributed by atoms with E-state index in [0.717, 1.165) is 82.6 Å². The zero-order valence-electron chi connectivity index (χ0n) is 28.5. The fraction of sp³-hybridized carbons (Fsp3) is 0.919. The molecular weight excluding hydrogens is 572 g/mol. The van der Waals surface area contributed by atoms with E-state index in [1.54, 1.807) is 0 Å². The minimum atomic E-state index is -0.654. The molecule has 0 aromatic rings. The third kappa shape index (κ3) is 14.7. The number of esters is 1. The van der Waals surface area contributed by atoms with Crippen molar-refractivity contribution in [3.63, 3.8) is 0 Å². The molecule has 3 aliphatic heterocycles. The monoisotopic (exact) mass is 638 g/mol. The summed E-state index contributed by atoms with van der Waals surface area (Å²) in [6, 6.07) is 0. The highest BCUT2D eigenvalue weighted by molar-refractivity contribution is 5.90. The second-order valence-corrected chi connectivity index (χ2v) is 14.2. The predicted octanol–water partition coefficient (Wildman–Crippen LogP) is 6.83. The molecule has 0 radical (unpaired) electrons. The molecule has 3 rings (SSSR count). The van der Waals surface area contributed by atoms with Crippen LogP contribution in [0.5, 0.6) is 0 Å². The second-order valence-electron chi connectivity index (χ2n) is 14.2. The molecule has 0 saturated carbocycles. The van der Waals surface area contributed by atoms with Gasteiger partial charge >= 0.3 is 5.97 Å². The minimum Gasteiger partial charge on any atom is -0.455 e. The highest BCUT2D eigenvalue weighted by Gasteiger charge is 2.36. The lowest BCUT2D eigenvalue weighted by Crippen LogP contribution is -2.33. The Labute approximate surface area is 273 Å². The zero-order valence-corrected chi connectivity index (χ0v) is 28.5. The third-order valence-corrected chi connectivity index (χ3v) is 10.2. The van der Waals surface area contributed by atoms with Gasteiger partial charge in [-0.15, -0.1) is 0 Å². The van der Waals surface area contributed by atoms with Crippen LogP contribution >= 0.6 is 0 Å². The molecule has 8 nitrogen and oxygen atoms in total. The van der Waals surface area contributed by atoms with E-state index in [0.29, 0.717) is 25.7 Å². The molecule has 8 heteroatoms. The normalized spacial score (nSPS) is 27.8. The van der Waals surface area contributed by atoms with Gasteiger partial charge in [0.25, 0.3) is 0 Å². The molecule has 0 aliphatic carbocycles. The predicted molar refractivity (Wildman–Crippen MR) is 177 cm³/mol. The summed E-state index contributed by atoms with van der Waals surface area (Å²) in [5.41, 5.74) is 0.846. The first-order chi connectivity index (χ1) is 21.8. The van der Waals surface area contributed by atoms with Crippen molar-refractivity contribution in [1.82, 2.24) is 0 Å². The van der Waals surface area contributed by atoms with E-state index in [1.165, 1.54) is 44.9 Å². The van der Waals surface area contributed by atoms with Crippen LogP contribution in [0.2, 0.25) is 0 Å². The first kappa shape index (κ1) is 38.4. The molecule has 2 fully saturated rings. The summed E-state index contributed by atoms with van der Waals surface area (Å²) < 4.78 is 17.4. The second kappa shape index (κ2) is 21.8. The maximum absolute atomic E-state index is 11.7. The number of carbonyl (C=O) groups excluding carboxylic acids is 1. The van der Waals surface area contributed by atoms with Crippen LogP contribution in [0.3, 0.4) is 0 Å². The number of hydrogen-bond donors (Lipinski definition) is 4. The van der Waals surface area contributed by atoms with Gasteiger partial charge in [-0.2, -0.15) is 0 Å². The number of ether oxygens (including phenoxy) is 3. The Kier molecular flexibility index (Phi) is 18.6. The van der Waals surface area contributed by atoms with Crippen LogP contribution < -0.4 is 0 Å². The van der Waals surface area contributed by atoms with Gasteiger partial charge in [-0.1, -0.05) is 71.1 Å². The number of cyclic esters (lactones) is 1. The molecule has 0 unspecified atom stereocenters. The highest BCUT2D eigenvalue weighted by Crippen LogP contribution is 2.31.